The summed E-state index contributed by atoms with van der Waals surface area (Å²) in [6.07, 6.45) is 2.80. The lowest BCUT2D eigenvalue weighted by atomic mass is 9.91. The Labute approximate surface area is 212 Å². The molecule has 6 nitrogen and oxygen atoms in total. The van der Waals surface area contributed by atoms with Crippen LogP contribution in [0.1, 0.15) is 53.8 Å². The first-order valence-corrected chi connectivity index (χ1v) is 11.5. The van der Waals surface area contributed by atoms with Gasteiger partial charge >= 0.3 is 6.18 Å². The summed E-state index contributed by atoms with van der Waals surface area (Å²) in [5, 5.41) is 9.95. The Kier molecular flexibility index (Phi) is 8.79. The fourth-order valence-corrected chi connectivity index (χ4v) is 4.51. The van der Waals surface area contributed by atoms with Crippen molar-refractivity contribution in [2.24, 2.45) is 0 Å². The highest BCUT2D eigenvalue weighted by Gasteiger charge is 2.36. The molecule has 0 unspecified atom stereocenters. The van der Waals surface area contributed by atoms with Gasteiger partial charge in [0.15, 0.2) is 0 Å². The van der Waals surface area contributed by atoms with Gasteiger partial charge in [-0.25, -0.2) is 4.98 Å². The second-order valence-electron chi connectivity index (χ2n) is 8.24. The molecule has 1 aromatic carbocycles. The Hall–Kier alpha value is -2.62. The predicted octanol–water partition coefficient (Wildman–Crippen LogP) is 5.67. The number of piperidine rings is 1. The third-order valence-corrected chi connectivity index (χ3v) is 6.37. The molecule has 2 aromatic heterocycles. The minimum Gasteiger partial charge on any atom is -0.342 e. The van der Waals surface area contributed by atoms with Gasteiger partial charge in [0.05, 0.1) is 22.8 Å². The highest BCUT2D eigenvalue weighted by molar-refractivity contribution is 6.34. The van der Waals surface area contributed by atoms with Crippen molar-refractivity contribution >= 4 is 29.9 Å². The lowest BCUT2D eigenvalue weighted by Crippen LogP contribution is -2.46. The average Bonchev–Trinajstić information content (AvgIpc) is 3.32. The van der Waals surface area contributed by atoms with E-state index in [1.807, 2.05) is 42.1 Å². The summed E-state index contributed by atoms with van der Waals surface area (Å²) < 4.78 is 41.7. The number of alkyl halides is 3. The second kappa shape index (κ2) is 11.4. The Morgan fingerprint density at radius 2 is 2.09 bits per heavy atom. The topological polar surface area (TPSA) is 71.8 Å². The minimum absolute atomic E-state index is 0. The maximum Gasteiger partial charge on any atom is 0.417 e. The molecule has 2 N–H and O–H groups in total. The second-order valence-corrected chi connectivity index (χ2v) is 8.61. The van der Waals surface area contributed by atoms with Crippen molar-refractivity contribution < 1.29 is 18.0 Å². The van der Waals surface area contributed by atoms with Gasteiger partial charge in [-0.3, -0.25) is 9.48 Å². The zero-order valence-electron chi connectivity index (χ0n) is 19.0. The maximum absolute atomic E-state index is 13.3. The number of aryl methyl sites for hydroxylation is 1. The van der Waals surface area contributed by atoms with Gasteiger partial charge < -0.3 is 10.6 Å². The standard InChI is InChI=1S/C24H25ClF3N5O.ClH/c1-2-33-14-17(13-31-33)15-6-5-7-16(12-15)21(19-8-3-4-10-29-19)32-23(34)22-20(25)18(9-11-30-22)24(26,27)28;/h5-7,9,11-14,19,21,29H,2-4,8,10H2,1H3,(H,32,34);1H/t19-,21-;/m0./s1. The summed E-state index contributed by atoms with van der Waals surface area (Å²) in [6, 6.07) is 7.91. The number of hydrogen-bond donors (Lipinski definition) is 2. The summed E-state index contributed by atoms with van der Waals surface area (Å²) >= 11 is 5.96. The Bertz CT molecular complexity index is 1160. The van der Waals surface area contributed by atoms with Gasteiger partial charge in [0.2, 0.25) is 0 Å². The number of nitrogens with zero attached hydrogens (tertiary/aromatic N) is 3. The Morgan fingerprint density at radius 1 is 1.29 bits per heavy atom. The van der Waals surface area contributed by atoms with Gasteiger partial charge in [-0.15, -0.1) is 12.4 Å². The van der Waals surface area contributed by atoms with Crippen molar-refractivity contribution in [2.45, 2.75) is 51.0 Å². The Balaban J connectivity index is 0.00000342. The van der Waals surface area contributed by atoms with E-state index in [0.717, 1.165) is 61.3 Å². The van der Waals surface area contributed by atoms with Crippen molar-refractivity contribution in [3.63, 3.8) is 0 Å². The molecule has 0 spiro atoms. The molecule has 1 aliphatic heterocycles. The third kappa shape index (κ3) is 6.15. The molecule has 11 heteroatoms. The van der Waals surface area contributed by atoms with E-state index in [9.17, 15) is 18.0 Å². The SMILES string of the molecule is CCn1cc(-c2cccc([C@H](NC(=O)c3nccc(C(F)(F)F)c3Cl)[C@@H]3CCCCN3)c2)cn1.Cl. The molecule has 1 saturated heterocycles. The largest absolute Gasteiger partial charge is 0.417 e. The van der Waals surface area contributed by atoms with Crippen LogP contribution in [0.5, 0.6) is 0 Å². The first-order valence-electron chi connectivity index (χ1n) is 11.2. The zero-order valence-corrected chi connectivity index (χ0v) is 20.6. The van der Waals surface area contributed by atoms with E-state index in [-0.39, 0.29) is 18.4 Å². The number of rotatable bonds is 6. The first kappa shape index (κ1) is 27.0. The van der Waals surface area contributed by atoms with Crippen LogP contribution in [0.15, 0.2) is 48.9 Å². The summed E-state index contributed by atoms with van der Waals surface area (Å²) in [4.78, 5) is 16.9. The van der Waals surface area contributed by atoms with E-state index in [4.69, 9.17) is 11.6 Å². The molecule has 0 bridgehead atoms. The number of carbonyl (C=O) groups is 1. The van der Waals surface area contributed by atoms with Gasteiger partial charge in [-0.2, -0.15) is 18.3 Å². The van der Waals surface area contributed by atoms with Crippen molar-refractivity contribution in [1.82, 2.24) is 25.4 Å². The number of aromatic nitrogens is 3. The van der Waals surface area contributed by atoms with E-state index in [1.54, 1.807) is 6.20 Å². The number of amides is 1. The monoisotopic (exact) mass is 527 g/mol. The van der Waals surface area contributed by atoms with Crippen LogP contribution in [0.2, 0.25) is 5.02 Å². The van der Waals surface area contributed by atoms with Crippen LogP contribution < -0.4 is 10.6 Å². The average molecular weight is 528 g/mol. The van der Waals surface area contributed by atoms with Crippen molar-refractivity contribution in [3.8, 4) is 11.1 Å². The van der Waals surface area contributed by atoms with Gasteiger partial charge in [0.25, 0.3) is 5.91 Å². The molecule has 3 heterocycles. The summed E-state index contributed by atoms with van der Waals surface area (Å²) in [5.41, 5.74) is 1.17. The first-order chi connectivity index (χ1) is 16.3. The molecule has 35 heavy (non-hydrogen) atoms. The number of halogens is 5. The van der Waals surface area contributed by atoms with Crippen molar-refractivity contribution in [2.75, 3.05) is 6.54 Å². The quantitative estimate of drug-likeness (QED) is 0.433. The van der Waals surface area contributed by atoms with Gasteiger partial charge in [0.1, 0.15) is 5.69 Å². The fraction of sp³-hybridized carbons (Fsp3) is 0.375. The summed E-state index contributed by atoms with van der Waals surface area (Å²) in [7, 11) is 0. The van der Waals surface area contributed by atoms with E-state index >= 15 is 0 Å². The van der Waals surface area contributed by atoms with Gasteiger partial charge in [-0.1, -0.05) is 36.2 Å². The van der Waals surface area contributed by atoms with Crippen LogP contribution in [0, 0.1) is 0 Å². The molecule has 1 amide bonds. The molecule has 2 atom stereocenters. The molecule has 1 fully saturated rings. The highest BCUT2D eigenvalue weighted by atomic mass is 35.5. The van der Waals surface area contributed by atoms with Crippen molar-refractivity contribution in [3.05, 3.63) is 70.8 Å². The molecule has 0 radical (unpaired) electrons. The zero-order chi connectivity index (χ0) is 24.3. The number of benzene rings is 1. The van der Waals surface area contributed by atoms with Crippen LogP contribution in [0.4, 0.5) is 13.2 Å². The summed E-state index contributed by atoms with van der Waals surface area (Å²) in [6.45, 7) is 3.54. The lowest BCUT2D eigenvalue weighted by molar-refractivity contribution is -0.137. The van der Waals surface area contributed by atoms with E-state index in [1.165, 1.54) is 0 Å². The van der Waals surface area contributed by atoms with E-state index in [0.29, 0.717) is 0 Å². The number of pyridine rings is 1. The van der Waals surface area contributed by atoms with Crippen LogP contribution in [-0.4, -0.2) is 33.3 Å². The number of hydrogen-bond acceptors (Lipinski definition) is 4. The molecule has 4 rings (SSSR count). The lowest BCUT2D eigenvalue weighted by Gasteiger charge is -2.32. The molecule has 3 aromatic rings. The predicted molar refractivity (Wildman–Crippen MR) is 131 cm³/mol. The number of nitrogens with one attached hydrogen (secondary N) is 2. The molecule has 0 saturated carbocycles. The third-order valence-electron chi connectivity index (χ3n) is 5.98. The van der Waals surface area contributed by atoms with Gasteiger partial charge in [-0.05, 0) is 49.6 Å². The van der Waals surface area contributed by atoms with Crippen LogP contribution in [-0.2, 0) is 12.7 Å². The smallest absolute Gasteiger partial charge is 0.342 e. The van der Waals surface area contributed by atoms with Gasteiger partial charge in [0, 0.05) is 30.5 Å². The van der Waals surface area contributed by atoms with Crippen molar-refractivity contribution in [1.29, 1.82) is 0 Å². The molecule has 1 aliphatic rings. The summed E-state index contributed by atoms with van der Waals surface area (Å²) in [5.74, 6) is -0.752. The van der Waals surface area contributed by atoms with Crippen LogP contribution in [0.25, 0.3) is 11.1 Å². The van der Waals surface area contributed by atoms with Crippen LogP contribution in [0.3, 0.4) is 0 Å². The molecule has 188 valence electrons. The van der Waals surface area contributed by atoms with E-state index < -0.39 is 34.4 Å². The maximum atomic E-state index is 13.3. The van der Waals surface area contributed by atoms with Crippen LogP contribution >= 0.6 is 24.0 Å². The normalized spacial score (nSPS) is 16.9. The minimum atomic E-state index is -4.68. The number of carbonyl (C=O) groups excluding carboxylic acids is 1. The molecular formula is C24H26Cl2F3N5O. The molecule has 0 aliphatic carbocycles. The molecular weight excluding hydrogens is 502 g/mol. The highest BCUT2D eigenvalue weighted by Crippen LogP contribution is 2.36. The van der Waals surface area contributed by atoms with E-state index in [2.05, 4.69) is 20.7 Å². The fourth-order valence-electron chi connectivity index (χ4n) is 4.21. The Morgan fingerprint density at radius 3 is 2.74 bits per heavy atom.